The molecule has 8 nitrogen and oxygen atoms in total. The second-order valence-electron chi connectivity index (χ2n) is 6.03. The fourth-order valence-electron chi connectivity index (χ4n) is 3.26. The molecule has 28 heavy (non-hydrogen) atoms. The van der Waals surface area contributed by atoms with E-state index in [0.717, 1.165) is 21.3 Å². The molecule has 0 amide bonds. The Morgan fingerprint density at radius 3 is 2.57 bits per heavy atom. The van der Waals surface area contributed by atoms with Crippen LogP contribution in [-0.4, -0.2) is 41.5 Å². The van der Waals surface area contributed by atoms with Gasteiger partial charge in [-0.2, -0.15) is 4.68 Å². The first kappa shape index (κ1) is 18.3. The van der Waals surface area contributed by atoms with E-state index in [1.54, 1.807) is 26.0 Å². The number of aromatic nitrogens is 4. The first-order valence-electron chi connectivity index (χ1n) is 8.47. The number of methoxy groups -OCH3 is 3. The van der Waals surface area contributed by atoms with Gasteiger partial charge in [0.25, 0.3) is 0 Å². The quantitative estimate of drug-likeness (QED) is 0.645. The summed E-state index contributed by atoms with van der Waals surface area (Å²) in [4.78, 5) is 0. The van der Waals surface area contributed by atoms with Crippen molar-refractivity contribution in [2.75, 3.05) is 26.6 Å². The molecule has 1 aliphatic rings. The Balaban J connectivity index is 1.89. The van der Waals surface area contributed by atoms with Crippen LogP contribution in [0.15, 0.2) is 46.9 Å². The minimum absolute atomic E-state index is 0.296. The number of benzene rings is 2. The van der Waals surface area contributed by atoms with Gasteiger partial charge in [0.15, 0.2) is 11.5 Å². The summed E-state index contributed by atoms with van der Waals surface area (Å²) in [6.07, 6.45) is 2.05. The summed E-state index contributed by atoms with van der Waals surface area (Å²) < 4.78 is 19.3. The molecule has 2 heterocycles. The van der Waals surface area contributed by atoms with Gasteiger partial charge in [0.2, 0.25) is 11.7 Å². The average Bonchev–Trinajstić information content (AvgIpc) is 3.20. The molecule has 9 heteroatoms. The summed E-state index contributed by atoms with van der Waals surface area (Å²) >= 11 is 3.52. The zero-order valence-corrected chi connectivity index (χ0v) is 17.1. The summed E-state index contributed by atoms with van der Waals surface area (Å²) in [6.45, 7) is 0. The Labute approximate surface area is 170 Å². The van der Waals surface area contributed by atoms with Gasteiger partial charge >= 0.3 is 0 Å². The summed E-state index contributed by atoms with van der Waals surface area (Å²) in [7, 11) is 4.77. The fraction of sp³-hybridized carbons (Fsp3) is 0.211. The van der Waals surface area contributed by atoms with E-state index in [1.807, 2.05) is 36.4 Å². The number of allylic oxidation sites excluding steroid dienone is 1. The normalized spacial score (nSPS) is 15.3. The van der Waals surface area contributed by atoms with Crippen LogP contribution in [0.2, 0.25) is 0 Å². The molecule has 0 saturated carbocycles. The van der Waals surface area contributed by atoms with Crippen LogP contribution in [0.3, 0.4) is 0 Å². The first-order valence-corrected chi connectivity index (χ1v) is 9.27. The molecule has 2 aromatic carbocycles. The number of ether oxygens (including phenoxy) is 3. The Hall–Kier alpha value is -3.07. The number of nitrogens with zero attached hydrogens (tertiary/aromatic N) is 4. The van der Waals surface area contributed by atoms with Crippen molar-refractivity contribution in [2.45, 2.75) is 6.04 Å². The number of fused-ring (bicyclic) bond motifs is 1. The lowest BCUT2D eigenvalue weighted by atomic mass is 10.00. The molecule has 3 aromatic rings. The van der Waals surface area contributed by atoms with Crippen molar-refractivity contribution in [3.63, 3.8) is 0 Å². The number of hydrogen-bond acceptors (Lipinski definition) is 7. The SMILES string of the molecule is COc1ccc(C2C=C(c3cccc(Br)c3)Nc3nnnn32)c(OC)c1OC. The second-order valence-corrected chi connectivity index (χ2v) is 6.95. The monoisotopic (exact) mass is 443 g/mol. The molecule has 0 fully saturated rings. The zero-order valence-electron chi connectivity index (χ0n) is 15.5. The number of hydrogen-bond donors (Lipinski definition) is 1. The third-order valence-corrected chi connectivity index (χ3v) is 5.01. The molecular weight excluding hydrogens is 426 g/mol. The highest BCUT2D eigenvalue weighted by molar-refractivity contribution is 9.10. The van der Waals surface area contributed by atoms with Crippen molar-refractivity contribution >= 4 is 27.6 Å². The fourth-order valence-corrected chi connectivity index (χ4v) is 3.66. The molecule has 0 radical (unpaired) electrons. The molecule has 0 spiro atoms. The minimum atomic E-state index is -0.296. The second kappa shape index (κ2) is 7.51. The summed E-state index contributed by atoms with van der Waals surface area (Å²) in [5.41, 5.74) is 2.75. The molecule has 1 aromatic heterocycles. The maximum atomic E-state index is 5.67. The smallest absolute Gasteiger partial charge is 0.248 e. The summed E-state index contributed by atoms with van der Waals surface area (Å²) in [5, 5.41) is 15.3. The molecule has 0 saturated heterocycles. The van der Waals surface area contributed by atoms with Crippen molar-refractivity contribution in [1.29, 1.82) is 0 Å². The van der Waals surface area contributed by atoms with Gasteiger partial charge in [-0.05, 0) is 46.3 Å². The van der Waals surface area contributed by atoms with Gasteiger partial charge in [-0.15, -0.1) is 0 Å². The Morgan fingerprint density at radius 2 is 1.86 bits per heavy atom. The lowest BCUT2D eigenvalue weighted by molar-refractivity contribution is 0.320. The van der Waals surface area contributed by atoms with Crippen molar-refractivity contribution < 1.29 is 14.2 Å². The van der Waals surface area contributed by atoms with E-state index < -0.39 is 0 Å². The lowest BCUT2D eigenvalue weighted by Gasteiger charge is -2.25. The molecule has 1 unspecified atom stereocenters. The zero-order chi connectivity index (χ0) is 19.7. The Kier molecular flexibility index (Phi) is 4.91. The predicted molar refractivity (Wildman–Crippen MR) is 108 cm³/mol. The van der Waals surface area contributed by atoms with Gasteiger partial charge in [0, 0.05) is 15.7 Å². The molecule has 0 bridgehead atoms. The highest BCUT2D eigenvalue weighted by Crippen LogP contribution is 2.45. The van der Waals surface area contributed by atoms with Crippen LogP contribution in [0.1, 0.15) is 17.2 Å². The third kappa shape index (κ3) is 3.07. The van der Waals surface area contributed by atoms with Gasteiger partial charge in [0.1, 0.15) is 6.04 Å². The van der Waals surface area contributed by atoms with Crippen LogP contribution in [-0.2, 0) is 0 Å². The van der Waals surface area contributed by atoms with Crippen LogP contribution >= 0.6 is 15.9 Å². The van der Waals surface area contributed by atoms with Crippen molar-refractivity contribution in [3.8, 4) is 17.2 Å². The molecule has 144 valence electrons. The van der Waals surface area contributed by atoms with Gasteiger partial charge in [-0.3, -0.25) is 0 Å². The van der Waals surface area contributed by atoms with Crippen molar-refractivity contribution in [3.05, 3.63) is 58.1 Å². The summed E-state index contributed by atoms with van der Waals surface area (Å²) in [5.74, 6) is 2.22. The maximum absolute atomic E-state index is 5.67. The molecule has 4 rings (SSSR count). The number of nitrogens with one attached hydrogen (secondary N) is 1. The van der Waals surface area contributed by atoms with Crippen LogP contribution < -0.4 is 19.5 Å². The van der Waals surface area contributed by atoms with Gasteiger partial charge in [-0.25, -0.2) is 0 Å². The van der Waals surface area contributed by atoms with E-state index in [4.69, 9.17) is 14.2 Å². The van der Waals surface area contributed by atoms with E-state index in [-0.39, 0.29) is 6.04 Å². The van der Waals surface area contributed by atoms with Crippen LogP contribution in [0, 0.1) is 0 Å². The Bertz CT molecular complexity index is 1050. The lowest BCUT2D eigenvalue weighted by Crippen LogP contribution is -2.21. The Morgan fingerprint density at radius 1 is 1.04 bits per heavy atom. The third-order valence-electron chi connectivity index (χ3n) is 4.52. The van der Waals surface area contributed by atoms with Crippen molar-refractivity contribution in [2.24, 2.45) is 0 Å². The van der Waals surface area contributed by atoms with E-state index in [9.17, 15) is 0 Å². The minimum Gasteiger partial charge on any atom is -0.493 e. The largest absolute Gasteiger partial charge is 0.493 e. The average molecular weight is 444 g/mol. The molecule has 1 atom stereocenters. The van der Waals surface area contributed by atoms with E-state index >= 15 is 0 Å². The number of rotatable bonds is 5. The molecular formula is C19H18BrN5O3. The molecule has 1 aliphatic heterocycles. The van der Waals surface area contributed by atoms with E-state index in [2.05, 4.69) is 42.8 Å². The van der Waals surface area contributed by atoms with Gasteiger partial charge in [0.05, 0.1) is 21.3 Å². The van der Waals surface area contributed by atoms with Crippen molar-refractivity contribution in [1.82, 2.24) is 20.2 Å². The topological polar surface area (TPSA) is 83.3 Å². The van der Waals surface area contributed by atoms with E-state index in [1.165, 1.54) is 0 Å². The van der Waals surface area contributed by atoms with Gasteiger partial charge < -0.3 is 19.5 Å². The molecule has 1 N–H and O–H groups in total. The molecule has 0 aliphatic carbocycles. The highest BCUT2D eigenvalue weighted by Gasteiger charge is 2.29. The van der Waals surface area contributed by atoms with Gasteiger partial charge in [-0.1, -0.05) is 33.2 Å². The van der Waals surface area contributed by atoms with E-state index in [0.29, 0.717) is 23.2 Å². The predicted octanol–water partition coefficient (Wildman–Crippen LogP) is 3.52. The van der Waals surface area contributed by atoms with Crippen LogP contribution in [0.25, 0.3) is 5.70 Å². The number of halogens is 1. The number of anilines is 1. The first-order chi connectivity index (χ1) is 13.7. The number of tetrazole rings is 1. The van der Waals surface area contributed by atoms with Crippen LogP contribution in [0.4, 0.5) is 5.95 Å². The van der Waals surface area contributed by atoms with Crippen LogP contribution in [0.5, 0.6) is 17.2 Å². The summed E-state index contributed by atoms with van der Waals surface area (Å²) in [6, 6.07) is 11.5. The standard InChI is InChI=1S/C19H18BrN5O3/c1-26-16-8-7-13(17(27-2)18(16)28-3)15-10-14(11-5-4-6-12(20)9-11)21-19-22-23-24-25(15)19/h4-10,15H,1-3H3,(H,21,22,24). The highest BCUT2D eigenvalue weighted by atomic mass is 79.9. The maximum Gasteiger partial charge on any atom is 0.248 e.